The number of hydrogen-bond acceptors (Lipinski definition) is 2. The van der Waals surface area contributed by atoms with Crippen molar-refractivity contribution in [1.82, 2.24) is 0 Å². The van der Waals surface area contributed by atoms with Crippen LogP contribution in [0.1, 0.15) is 33.6 Å². The minimum absolute atomic E-state index is 0.214. The van der Waals surface area contributed by atoms with Crippen LogP contribution in [0.15, 0.2) is 0 Å². The lowest BCUT2D eigenvalue weighted by Gasteiger charge is -2.37. The third-order valence-corrected chi connectivity index (χ3v) is 4.99. The molecule has 2 nitrogen and oxygen atoms in total. The third-order valence-electron chi connectivity index (χ3n) is 4.99. The van der Waals surface area contributed by atoms with E-state index in [2.05, 4.69) is 20.8 Å². The molecule has 2 aliphatic carbocycles. The third kappa shape index (κ3) is 0.647. The van der Waals surface area contributed by atoms with Gasteiger partial charge >= 0.3 is 0 Å². The Bertz CT molecular complexity index is 212. The molecule has 4 atom stereocenters. The quantitative estimate of drug-likeness (QED) is 0.569. The summed E-state index contributed by atoms with van der Waals surface area (Å²) in [6.07, 6.45) is 2.54. The van der Waals surface area contributed by atoms with Crippen LogP contribution < -0.4 is 11.5 Å². The Balaban J connectivity index is 2.44. The molecule has 4 N–H and O–H groups in total. The fourth-order valence-electron chi connectivity index (χ4n) is 3.51. The zero-order valence-corrected chi connectivity index (χ0v) is 8.30. The molecule has 0 radical (unpaired) electrons. The molecule has 0 aromatic carbocycles. The van der Waals surface area contributed by atoms with Gasteiger partial charge in [0, 0.05) is 12.1 Å². The molecule has 0 aromatic rings. The van der Waals surface area contributed by atoms with E-state index in [1.54, 1.807) is 0 Å². The van der Waals surface area contributed by atoms with Gasteiger partial charge in [0.1, 0.15) is 0 Å². The second-order valence-corrected chi connectivity index (χ2v) is 5.39. The predicted octanol–water partition coefficient (Wildman–Crippen LogP) is 1.10. The molecular formula is C10H20N2. The van der Waals surface area contributed by atoms with Crippen LogP contribution in [-0.4, -0.2) is 12.1 Å². The highest BCUT2D eigenvalue weighted by Gasteiger charge is 2.63. The van der Waals surface area contributed by atoms with E-state index in [1.807, 2.05) is 0 Å². The highest BCUT2D eigenvalue weighted by atomic mass is 14.9. The summed E-state index contributed by atoms with van der Waals surface area (Å²) in [4.78, 5) is 0. The Morgan fingerprint density at radius 1 is 1.17 bits per heavy atom. The van der Waals surface area contributed by atoms with Gasteiger partial charge in [-0.1, -0.05) is 20.8 Å². The smallest absolute Gasteiger partial charge is 0.0255 e. The second kappa shape index (κ2) is 2.05. The summed E-state index contributed by atoms with van der Waals surface area (Å²) in [7, 11) is 0. The van der Waals surface area contributed by atoms with Gasteiger partial charge in [-0.3, -0.25) is 0 Å². The Labute approximate surface area is 74.7 Å². The maximum absolute atomic E-state index is 6.15. The van der Waals surface area contributed by atoms with Crippen molar-refractivity contribution in [2.75, 3.05) is 0 Å². The van der Waals surface area contributed by atoms with E-state index in [0.29, 0.717) is 11.3 Å². The number of rotatable bonds is 0. The summed E-state index contributed by atoms with van der Waals surface area (Å²) in [5, 5.41) is 0. The highest BCUT2D eigenvalue weighted by molar-refractivity contribution is 5.17. The minimum Gasteiger partial charge on any atom is -0.326 e. The molecule has 2 rings (SSSR count). The molecule has 0 amide bonds. The van der Waals surface area contributed by atoms with E-state index < -0.39 is 0 Å². The average Bonchev–Trinajstić information content (AvgIpc) is 2.26. The van der Waals surface area contributed by atoms with Crippen LogP contribution in [0.25, 0.3) is 0 Å². The zero-order chi connectivity index (χ0) is 9.15. The van der Waals surface area contributed by atoms with Crippen LogP contribution in [0, 0.1) is 16.7 Å². The lowest BCUT2D eigenvalue weighted by Crippen LogP contribution is -2.50. The van der Waals surface area contributed by atoms with Crippen LogP contribution in [0.3, 0.4) is 0 Å². The number of fused-ring (bicyclic) bond motifs is 2. The van der Waals surface area contributed by atoms with Gasteiger partial charge < -0.3 is 11.5 Å². The van der Waals surface area contributed by atoms with Crippen LogP contribution in [-0.2, 0) is 0 Å². The van der Waals surface area contributed by atoms with Crippen LogP contribution in [0.2, 0.25) is 0 Å². The van der Waals surface area contributed by atoms with Gasteiger partial charge in [0.25, 0.3) is 0 Å². The first kappa shape index (κ1) is 8.52. The summed E-state index contributed by atoms with van der Waals surface area (Å²) in [5.41, 5.74) is 12.9. The van der Waals surface area contributed by atoms with E-state index in [-0.39, 0.29) is 17.5 Å². The normalized spacial score (nSPS) is 56.2. The van der Waals surface area contributed by atoms with E-state index in [1.165, 1.54) is 12.8 Å². The Hall–Kier alpha value is -0.0800. The maximum atomic E-state index is 6.15. The Morgan fingerprint density at radius 3 is 2.00 bits per heavy atom. The van der Waals surface area contributed by atoms with E-state index in [9.17, 15) is 0 Å². The first-order valence-electron chi connectivity index (χ1n) is 4.92. The minimum atomic E-state index is 0.214. The summed E-state index contributed by atoms with van der Waals surface area (Å²) >= 11 is 0. The monoisotopic (exact) mass is 168 g/mol. The molecule has 2 saturated carbocycles. The molecule has 2 heteroatoms. The summed E-state index contributed by atoms with van der Waals surface area (Å²) in [6, 6.07) is 0.449. The van der Waals surface area contributed by atoms with Gasteiger partial charge in [0.15, 0.2) is 0 Å². The highest BCUT2D eigenvalue weighted by Crippen LogP contribution is 2.64. The van der Waals surface area contributed by atoms with E-state index in [4.69, 9.17) is 11.5 Å². The summed E-state index contributed by atoms with van der Waals surface area (Å²) < 4.78 is 0. The standard InChI is InChI=1S/C10H20N2/c1-9(2)6-4-5-10(9,3)8(12)7(6)11/h6-8H,4-5,11-12H2,1-3H3. The largest absolute Gasteiger partial charge is 0.326 e. The van der Waals surface area contributed by atoms with Crippen molar-refractivity contribution in [3.8, 4) is 0 Å². The van der Waals surface area contributed by atoms with E-state index >= 15 is 0 Å². The Morgan fingerprint density at radius 2 is 1.75 bits per heavy atom. The molecule has 0 aromatic heterocycles. The molecule has 2 bridgehead atoms. The lowest BCUT2D eigenvalue weighted by atomic mass is 9.69. The molecular weight excluding hydrogens is 148 g/mol. The molecule has 12 heavy (non-hydrogen) atoms. The fourth-order valence-corrected chi connectivity index (χ4v) is 3.51. The van der Waals surface area contributed by atoms with Crippen molar-refractivity contribution in [1.29, 1.82) is 0 Å². The van der Waals surface area contributed by atoms with Crippen LogP contribution in [0.4, 0.5) is 0 Å². The van der Waals surface area contributed by atoms with Gasteiger partial charge in [-0.05, 0) is 29.6 Å². The van der Waals surface area contributed by atoms with Crippen LogP contribution in [0.5, 0.6) is 0 Å². The van der Waals surface area contributed by atoms with Crippen molar-refractivity contribution < 1.29 is 0 Å². The SMILES string of the molecule is CC1(C)C2CCC1(C)C(N)C2N. The number of nitrogens with two attached hydrogens (primary N) is 2. The molecule has 2 fully saturated rings. The lowest BCUT2D eigenvalue weighted by molar-refractivity contribution is 0.136. The topological polar surface area (TPSA) is 52.0 Å². The first-order chi connectivity index (χ1) is 5.41. The molecule has 70 valence electrons. The maximum Gasteiger partial charge on any atom is 0.0255 e. The average molecular weight is 168 g/mol. The molecule has 0 saturated heterocycles. The van der Waals surface area contributed by atoms with Crippen molar-refractivity contribution in [3.63, 3.8) is 0 Å². The van der Waals surface area contributed by atoms with Crippen molar-refractivity contribution in [2.45, 2.75) is 45.7 Å². The van der Waals surface area contributed by atoms with Gasteiger partial charge in [0.05, 0.1) is 0 Å². The summed E-state index contributed by atoms with van der Waals surface area (Å²) in [6.45, 7) is 6.97. The molecule has 0 heterocycles. The number of hydrogen-bond donors (Lipinski definition) is 2. The Kier molecular flexibility index (Phi) is 1.45. The predicted molar refractivity (Wildman–Crippen MR) is 50.6 cm³/mol. The van der Waals surface area contributed by atoms with Crippen molar-refractivity contribution in [3.05, 3.63) is 0 Å². The first-order valence-corrected chi connectivity index (χ1v) is 4.92. The van der Waals surface area contributed by atoms with E-state index in [0.717, 1.165) is 0 Å². The van der Waals surface area contributed by atoms with Crippen LogP contribution >= 0.6 is 0 Å². The van der Waals surface area contributed by atoms with Crippen molar-refractivity contribution in [2.24, 2.45) is 28.2 Å². The van der Waals surface area contributed by atoms with Gasteiger partial charge in [0.2, 0.25) is 0 Å². The molecule has 0 aliphatic heterocycles. The fraction of sp³-hybridized carbons (Fsp3) is 1.00. The molecule has 0 spiro atoms. The van der Waals surface area contributed by atoms with Crippen molar-refractivity contribution >= 4 is 0 Å². The molecule has 2 aliphatic rings. The van der Waals surface area contributed by atoms with Gasteiger partial charge in [-0.25, -0.2) is 0 Å². The zero-order valence-electron chi connectivity index (χ0n) is 8.30. The summed E-state index contributed by atoms with van der Waals surface area (Å²) in [5.74, 6) is 0.650. The molecule has 4 unspecified atom stereocenters. The second-order valence-electron chi connectivity index (χ2n) is 5.39. The van der Waals surface area contributed by atoms with Gasteiger partial charge in [-0.2, -0.15) is 0 Å². The van der Waals surface area contributed by atoms with Gasteiger partial charge in [-0.15, -0.1) is 0 Å².